The molecule has 0 spiro atoms. The Morgan fingerprint density at radius 1 is 1.16 bits per heavy atom. The summed E-state index contributed by atoms with van der Waals surface area (Å²) in [6.07, 6.45) is 4.92. The van der Waals surface area contributed by atoms with Gasteiger partial charge in [-0.25, -0.2) is 4.79 Å². The van der Waals surface area contributed by atoms with Gasteiger partial charge < -0.3 is 19.6 Å². The molecule has 1 heterocycles. The van der Waals surface area contributed by atoms with Gasteiger partial charge in [0.2, 0.25) is 5.91 Å². The van der Waals surface area contributed by atoms with Gasteiger partial charge >= 0.3 is 5.97 Å². The molecule has 1 amide bonds. The highest BCUT2D eigenvalue weighted by molar-refractivity contribution is 6.03. The minimum Gasteiger partial charge on any atom is -0.493 e. The van der Waals surface area contributed by atoms with E-state index in [-0.39, 0.29) is 5.43 Å². The third kappa shape index (κ3) is 4.32. The number of benzene rings is 2. The fraction of sp³-hybridized carbons (Fsp3) is 0.160. The smallest absolute Gasteiger partial charge is 0.328 e. The second kappa shape index (κ2) is 8.93. The highest BCUT2D eigenvalue weighted by atomic mass is 16.5. The van der Waals surface area contributed by atoms with Gasteiger partial charge in [0.1, 0.15) is 17.1 Å². The van der Waals surface area contributed by atoms with Crippen molar-refractivity contribution in [3.8, 4) is 5.75 Å². The van der Waals surface area contributed by atoms with E-state index in [1.165, 1.54) is 0 Å². The molecular weight excluding hydrogens is 410 g/mol. The minimum atomic E-state index is -1.22. The lowest BCUT2D eigenvalue weighted by Gasteiger charge is -2.09. The van der Waals surface area contributed by atoms with E-state index in [1.807, 2.05) is 37.3 Å². The Morgan fingerprint density at radius 2 is 1.97 bits per heavy atom. The lowest BCUT2D eigenvalue weighted by atomic mass is 10.1. The van der Waals surface area contributed by atoms with E-state index in [2.05, 4.69) is 5.32 Å². The van der Waals surface area contributed by atoms with Crippen molar-refractivity contribution in [3.05, 3.63) is 81.7 Å². The topological polar surface area (TPSA) is 106 Å². The summed E-state index contributed by atoms with van der Waals surface area (Å²) in [5, 5.41) is 11.6. The average molecular weight is 431 g/mol. The molecule has 32 heavy (non-hydrogen) atoms. The molecule has 1 aliphatic rings. The van der Waals surface area contributed by atoms with Crippen molar-refractivity contribution in [2.45, 2.75) is 19.8 Å². The van der Waals surface area contributed by atoms with E-state index >= 15 is 0 Å². The third-order valence-electron chi connectivity index (χ3n) is 5.12. The lowest BCUT2D eigenvalue weighted by molar-refractivity contribution is -0.131. The number of fused-ring (bicyclic) bond motifs is 2. The van der Waals surface area contributed by atoms with Crippen LogP contribution in [0.2, 0.25) is 0 Å². The van der Waals surface area contributed by atoms with Crippen LogP contribution >= 0.6 is 0 Å². The summed E-state index contributed by atoms with van der Waals surface area (Å²) in [5.74, 6) is -0.504. The first-order chi connectivity index (χ1) is 15.5. The van der Waals surface area contributed by atoms with Crippen LogP contribution in [0.25, 0.3) is 22.6 Å². The molecule has 3 aromatic rings. The van der Waals surface area contributed by atoms with Gasteiger partial charge in [-0.2, -0.15) is 0 Å². The summed E-state index contributed by atoms with van der Waals surface area (Å²) in [4.78, 5) is 35.5. The van der Waals surface area contributed by atoms with Crippen molar-refractivity contribution in [2.75, 3.05) is 11.9 Å². The van der Waals surface area contributed by atoms with Gasteiger partial charge in [0.25, 0.3) is 0 Å². The number of carbonyl (C=O) groups is 2. The third-order valence-corrected chi connectivity index (χ3v) is 5.12. The summed E-state index contributed by atoms with van der Waals surface area (Å²) in [5.41, 5.74) is 3.10. The number of aliphatic carboxylic acids is 1. The Morgan fingerprint density at radius 3 is 2.75 bits per heavy atom. The number of allylic oxidation sites excluding steroid dienone is 1. The molecule has 7 heteroatoms. The van der Waals surface area contributed by atoms with Gasteiger partial charge in [0.15, 0.2) is 5.43 Å². The molecule has 0 aliphatic heterocycles. The fourth-order valence-electron chi connectivity index (χ4n) is 3.71. The quantitative estimate of drug-likeness (QED) is 0.565. The second-order valence-corrected chi connectivity index (χ2v) is 7.25. The predicted octanol–water partition coefficient (Wildman–Crippen LogP) is 4.26. The first kappa shape index (κ1) is 21.1. The van der Waals surface area contributed by atoms with Crippen LogP contribution in [0.1, 0.15) is 30.2 Å². The van der Waals surface area contributed by atoms with Gasteiger partial charge in [-0.1, -0.05) is 18.2 Å². The summed E-state index contributed by atoms with van der Waals surface area (Å²) in [7, 11) is 0. The van der Waals surface area contributed by atoms with Crippen molar-refractivity contribution in [1.29, 1.82) is 0 Å². The molecule has 2 aromatic carbocycles. The highest BCUT2D eigenvalue weighted by Crippen LogP contribution is 2.36. The minimum absolute atomic E-state index is 0.0913. The number of carbonyl (C=O) groups excluding carboxylic acids is 1. The van der Waals surface area contributed by atoms with Crippen LogP contribution in [-0.2, 0) is 16.0 Å². The van der Waals surface area contributed by atoms with Crippen LogP contribution < -0.4 is 15.5 Å². The summed E-state index contributed by atoms with van der Waals surface area (Å²) in [6.45, 7) is 2.47. The zero-order chi connectivity index (χ0) is 22.7. The maximum atomic E-state index is 13.0. The normalized spacial score (nSPS) is 14.1. The van der Waals surface area contributed by atoms with Gasteiger partial charge in [-0.05, 0) is 49.6 Å². The lowest BCUT2D eigenvalue weighted by Crippen LogP contribution is -2.11. The summed E-state index contributed by atoms with van der Waals surface area (Å²) >= 11 is 0. The van der Waals surface area contributed by atoms with Crippen LogP contribution in [0, 0.1) is 0 Å². The molecule has 1 aliphatic carbocycles. The molecule has 0 unspecified atom stereocenters. The van der Waals surface area contributed by atoms with E-state index in [9.17, 15) is 14.4 Å². The monoisotopic (exact) mass is 431 g/mol. The standard InChI is InChI=1S/C25H21NO6/c1-2-31-20-6-4-3-5-15(20)13-16-7-9-19-24(30)18-10-8-17(14-21(18)32-25(16)19)26-22(27)11-12-23(28)29/h3-6,8,10-14H,2,7,9H2,1H3,(H,26,27)(H,28,29)/b12-11+,16-13?. The number of carboxylic acids is 1. The van der Waals surface area contributed by atoms with E-state index in [0.717, 1.165) is 29.0 Å². The molecule has 0 atom stereocenters. The molecule has 0 radical (unpaired) electrons. The molecule has 7 nitrogen and oxygen atoms in total. The molecule has 0 saturated carbocycles. The molecule has 0 saturated heterocycles. The zero-order valence-corrected chi connectivity index (χ0v) is 17.4. The molecule has 2 N–H and O–H groups in total. The Kier molecular flexibility index (Phi) is 5.89. The number of carboxylic acid groups (broad SMARTS) is 1. The van der Waals surface area contributed by atoms with E-state index in [0.29, 0.717) is 47.4 Å². The Bertz CT molecular complexity index is 1330. The second-order valence-electron chi connectivity index (χ2n) is 7.25. The number of amides is 1. The summed E-state index contributed by atoms with van der Waals surface area (Å²) < 4.78 is 11.8. The number of hydrogen-bond acceptors (Lipinski definition) is 5. The largest absolute Gasteiger partial charge is 0.493 e. The van der Waals surface area contributed by atoms with Gasteiger partial charge in [-0.3, -0.25) is 9.59 Å². The molecule has 1 aromatic heterocycles. The number of rotatable bonds is 6. The van der Waals surface area contributed by atoms with Crippen LogP contribution in [0.4, 0.5) is 5.69 Å². The van der Waals surface area contributed by atoms with Crippen molar-refractivity contribution in [3.63, 3.8) is 0 Å². The number of ether oxygens (including phenoxy) is 1. The molecule has 0 fully saturated rings. The SMILES string of the molecule is CCOc1ccccc1C=C1CCc2c1oc1cc(NC(=O)/C=C/C(=O)O)ccc1c2=O. The van der Waals surface area contributed by atoms with Crippen LogP contribution in [0.5, 0.6) is 5.75 Å². The first-order valence-electron chi connectivity index (χ1n) is 10.2. The molecule has 162 valence electrons. The van der Waals surface area contributed by atoms with Crippen molar-refractivity contribution < 1.29 is 23.8 Å². The highest BCUT2D eigenvalue weighted by Gasteiger charge is 2.24. The van der Waals surface area contributed by atoms with Crippen molar-refractivity contribution in [1.82, 2.24) is 0 Å². The number of hydrogen-bond donors (Lipinski definition) is 2. The van der Waals surface area contributed by atoms with Crippen molar-refractivity contribution >= 4 is 40.2 Å². The van der Waals surface area contributed by atoms with Gasteiger partial charge in [0, 0.05) is 35.0 Å². The Hall–Kier alpha value is -4.13. The van der Waals surface area contributed by atoms with E-state index < -0.39 is 11.9 Å². The molecule has 0 bridgehead atoms. The summed E-state index contributed by atoms with van der Waals surface area (Å²) in [6, 6.07) is 12.4. The van der Waals surface area contributed by atoms with Gasteiger partial charge in [-0.15, -0.1) is 0 Å². The zero-order valence-electron chi connectivity index (χ0n) is 17.4. The van der Waals surface area contributed by atoms with Crippen LogP contribution in [0.15, 0.2) is 63.8 Å². The maximum absolute atomic E-state index is 13.0. The predicted molar refractivity (Wildman–Crippen MR) is 122 cm³/mol. The number of para-hydroxylation sites is 1. The first-order valence-corrected chi connectivity index (χ1v) is 10.2. The van der Waals surface area contributed by atoms with E-state index in [1.54, 1.807) is 18.2 Å². The number of anilines is 1. The Labute approximate surface area is 183 Å². The molecular formula is C25H21NO6. The molecule has 4 rings (SSSR count). The number of nitrogens with one attached hydrogen (secondary N) is 1. The maximum Gasteiger partial charge on any atom is 0.328 e. The van der Waals surface area contributed by atoms with Crippen molar-refractivity contribution in [2.24, 2.45) is 0 Å². The Balaban J connectivity index is 1.72. The fourth-order valence-corrected chi connectivity index (χ4v) is 3.71. The van der Waals surface area contributed by atoms with Crippen LogP contribution in [-0.4, -0.2) is 23.6 Å². The van der Waals surface area contributed by atoms with E-state index in [4.69, 9.17) is 14.3 Å². The van der Waals surface area contributed by atoms with Gasteiger partial charge in [0.05, 0.1) is 12.0 Å². The van der Waals surface area contributed by atoms with Crippen LogP contribution in [0.3, 0.4) is 0 Å². The average Bonchev–Trinajstić information content (AvgIpc) is 3.16.